The number of rotatable bonds is 9. The van der Waals surface area contributed by atoms with Crippen molar-refractivity contribution in [2.75, 3.05) is 19.6 Å². The summed E-state index contributed by atoms with van der Waals surface area (Å²) in [6.07, 6.45) is 5.08. The highest BCUT2D eigenvalue weighted by Crippen LogP contribution is 2.29. The molecule has 0 radical (unpaired) electrons. The standard InChI is InChI=1S/C17H28FN3/c1-4-10-19-17(16-9-6-14(18)11-20-16)13(3)12-21(5-2)15-7-8-15/h6,9,11,13,15,17,19H,4-5,7-8,10,12H2,1-3H3. The van der Waals surface area contributed by atoms with Crippen LogP contribution in [0.3, 0.4) is 0 Å². The molecule has 0 aromatic carbocycles. The highest BCUT2D eigenvalue weighted by atomic mass is 19.1. The van der Waals surface area contributed by atoms with Gasteiger partial charge < -0.3 is 10.2 Å². The van der Waals surface area contributed by atoms with Gasteiger partial charge in [-0.2, -0.15) is 0 Å². The molecule has 21 heavy (non-hydrogen) atoms. The van der Waals surface area contributed by atoms with E-state index < -0.39 is 0 Å². The third-order valence-corrected chi connectivity index (χ3v) is 4.24. The van der Waals surface area contributed by atoms with Gasteiger partial charge in [-0.15, -0.1) is 0 Å². The Balaban J connectivity index is 2.04. The molecule has 1 aliphatic carbocycles. The molecule has 1 aromatic rings. The van der Waals surface area contributed by atoms with Crippen LogP contribution in [0.1, 0.15) is 51.8 Å². The predicted octanol–water partition coefficient (Wildman–Crippen LogP) is 3.38. The minimum Gasteiger partial charge on any atom is -0.308 e. The lowest BCUT2D eigenvalue weighted by atomic mass is 9.97. The SMILES string of the molecule is CCCNC(c1ccc(F)cn1)C(C)CN(CC)C1CC1. The minimum absolute atomic E-state index is 0.193. The van der Waals surface area contributed by atoms with Gasteiger partial charge in [0.2, 0.25) is 0 Å². The molecule has 1 aromatic heterocycles. The molecule has 4 heteroatoms. The molecular weight excluding hydrogens is 265 g/mol. The Labute approximate surface area is 127 Å². The Morgan fingerprint density at radius 1 is 1.38 bits per heavy atom. The maximum Gasteiger partial charge on any atom is 0.141 e. The van der Waals surface area contributed by atoms with Crippen LogP contribution in [0.15, 0.2) is 18.3 Å². The quantitative estimate of drug-likeness (QED) is 0.756. The highest BCUT2D eigenvalue weighted by molar-refractivity contribution is 5.11. The first-order valence-corrected chi connectivity index (χ1v) is 8.24. The molecule has 118 valence electrons. The zero-order valence-electron chi connectivity index (χ0n) is 13.5. The van der Waals surface area contributed by atoms with E-state index in [9.17, 15) is 4.39 Å². The summed E-state index contributed by atoms with van der Waals surface area (Å²) < 4.78 is 13.1. The van der Waals surface area contributed by atoms with E-state index in [1.165, 1.54) is 25.1 Å². The Hall–Kier alpha value is -1.00. The van der Waals surface area contributed by atoms with E-state index in [-0.39, 0.29) is 11.9 Å². The summed E-state index contributed by atoms with van der Waals surface area (Å²) in [5.74, 6) is 0.184. The fraction of sp³-hybridized carbons (Fsp3) is 0.706. The Morgan fingerprint density at radius 2 is 2.14 bits per heavy atom. The smallest absolute Gasteiger partial charge is 0.141 e. The lowest BCUT2D eigenvalue weighted by molar-refractivity contribution is 0.209. The van der Waals surface area contributed by atoms with Crippen molar-refractivity contribution in [3.8, 4) is 0 Å². The number of aromatic nitrogens is 1. The molecule has 0 bridgehead atoms. The number of hydrogen-bond donors (Lipinski definition) is 1. The molecule has 0 aliphatic heterocycles. The van der Waals surface area contributed by atoms with Gasteiger partial charge in [-0.05, 0) is 50.4 Å². The number of halogens is 1. The molecule has 2 unspecified atom stereocenters. The largest absolute Gasteiger partial charge is 0.308 e. The van der Waals surface area contributed by atoms with Gasteiger partial charge in [0.05, 0.1) is 17.9 Å². The molecule has 0 spiro atoms. The third-order valence-electron chi connectivity index (χ3n) is 4.24. The minimum atomic E-state index is -0.270. The Morgan fingerprint density at radius 3 is 2.67 bits per heavy atom. The van der Waals surface area contributed by atoms with Gasteiger partial charge in [0.1, 0.15) is 5.82 Å². The van der Waals surface area contributed by atoms with E-state index >= 15 is 0 Å². The summed E-state index contributed by atoms with van der Waals surface area (Å²) in [4.78, 5) is 6.85. The number of hydrogen-bond acceptors (Lipinski definition) is 3. The first-order valence-electron chi connectivity index (χ1n) is 8.24. The van der Waals surface area contributed by atoms with E-state index in [4.69, 9.17) is 0 Å². The normalized spacial score (nSPS) is 18.0. The van der Waals surface area contributed by atoms with Crippen LogP contribution < -0.4 is 5.32 Å². The van der Waals surface area contributed by atoms with Crippen molar-refractivity contribution in [1.29, 1.82) is 0 Å². The van der Waals surface area contributed by atoms with Gasteiger partial charge in [-0.3, -0.25) is 4.98 Å². The lowest BCUT2D eigenvalue weighted by Crippen LogP contribution is -2.37. The van der Waals surface area contributed by atoms with Crippen LogP contribution in [-0.2, 0) is 0 Å². The van der Waals surface area contributed by atoms with Gasteiger partial charge in [-0.25, -0.2) is 4.39 Å². The van der Waals surface area contributed by atoms with Crippen molar-refractivity contribution in [2.45, 2.75) is 52.1 Å². The molecule has 1 aliphatic rings. The van der Waals surface area contributed by atoms with Crippen molar-refractivity contribution < 1.29 is 4.39 Å². The summed E-state index contributed by atoms with van der Waals surface area (Å²) in [5, 5.41) is 3.58. The van der Waals surface area contributed by atoms with Crippen molar-refractivity contribution in [1.82, 2.24) is 15.2 Å². The fourth-order valence-corrected chi connectivity index (χ4v) is 2.92. The van der Waals surface area contributed by atoms with E-state index in [1.54, 1.807) is 0 Å². The summed E-state index contributed by atoms with van der Waals surface area (Å²) in [7, 11) is 0. The molecule has 3 nitrogen and oxygen atoms in total. The second kappa shape index (κ2) is 7.85. The third kappa shape index (κ3) is 4.75. The molecular formula is C17H28FN3. The summed E-state index contributed by atoms with van der Waals surface area (Å²) in [5.41, 5.74) is 0.948. The first kappa shape index (κ1) is 16.4. The van der Waals surface area contributed by atoms with Crippen LogP contribution in [-0.4, -0.2) is 35.6 Å². The average molecular weight is 293 g/mol. The van der Waals surface area contributed by atoms with Crippen LogP contribution in [0.5, 0.6) is 0 Å². The number of nitrogens with zero attached hydrogens (tertiary/aromatic N) is 2. The molecule has 0 amide bonds. The average Bonchev–Trinajstić information content (AvgIpc) is 3.31. The van der Waals surface area contributed by atoms with Gasteiger partial charge >= 0.3 is 0 Å². The van der Waals surface area contributed by atoms with Crippen LogP contribution in [0, 0.1) is 11.7 Å². The van der Waals surface area contributed by atoms with Crippen molar-refractivity contribution >= 4 is 0 Å². The predicted molar refractivity (Wildman–Crippen MR) is 84.7 cm³/mol. The zero-order chi connectivity index (χ0) is 15.2. The van der Waals surface area contributed by atoms with Crippen molar-refractivity contribution in [2.24, 2.45) is 5.92 Å². The topological polar surface area (TPSA) is 28.2 Å². The van der Waals surface area contributed by atoms with Gasteiger partial charge in [0, 0.05) is 12.6 Å². The number of pyridine rings is 1. The lowest BCUT2D eigenvalue weighted by Gasteiger charge is -2.30. The summed E-state index contributed by atoms with van der Waals surface area (Å²) >= 11 is 0. The van der Waals surface area contributed by atoms with Gasteiger partial charge in [0.25, 0.3) is 0 Å². The summed E-state index contributed by atoms with van der Waals surface area (Å²) in [6, 6.07) is 4.30. The van der Waals surface area contributed by atoms with Crippen LogP contribution >= 0.6 is 0 Å². The summed E-state index contributed by atoms with van der Waals surface area (Å²) in [6.45, 7) is 9.80. The molecule has 1 saturated carbocycles. The van der Waals surface area contributed by atoms with Crippen molar-refractivity contribution in [3.05, 3.63) is 29.8 Å². The van der Waals surface area contributed by atoms with Crippen LogP contribution in [0.4, 0.5) is 4.39 Å². The number of nitrogens with one attached hydrogen (secondary N) is 1. The van der Waals surface area contributed by atoms with E-state index in [2.05, 4.69) is 36.0 Å². The highest BCUT2D eigenvalue weighted by Gasteiger charge is 2.30. The molecule has 2 atom stereocenters. The Bertz CT molecular complexity index is 417. The van der Waals surface area contributed by atoms with E-state index in [0.29, 0.717) is 5.92 Å². The Kier molecular flexibility index (Phi) is 6.12. The first-order chi connectivity index (χ1) is 10.2. The van der Waals surface area contributed by atoms with Crippen LogP contribution in [0.2, 0.25) is 0 Å². The monoisotopic (exact) mass is 293 g/mol. The maximum atomic E-state index is 13.1. The second-order valence-electron chi connectivity index (χ2n) is 6.13. The van der Waals surface area contributed by atoms with Crippen LogP contribution in [0.25, 0.3) is 0 Å². The molecule has 1 fully saturated rings. The molecule has 2 rings (SSSR count). The van der Waals surface area contributed by atoms with Gasteiger partial charge in [0.15, 0.2) is 0 Å². The molecule has 1 heterocycles. The molecule has 1 N–H and O–H groups in total. The second-order valence-corrected chi connectivity index (χ2v) is 6.13. The van der Waals surface area contributed by atoms with E-state index in [0.717, 1.165) is 37.8 Å². The van der Waals surface area contributed by atoms with Crippen molar-refractivity contribution in [3.63, 3.8) is 0 Å². The maximum absolute atomic E-state index is 13.1. The van der Waals surface area contributed by atoms with Gasteiger partial charge in [-0.1, -0.05) is 20.8 Å². The fourth-order valence-electron chi connectivity index (χ4n) is 2.92. The zero-order valence-corrected chi connectivity index (χ0v) is 13.5. The van der Waals surface area contributed by atoms with E-state index in [1.807, 2.05) is 6.07 Å². The molecule has 0 saturated heterocycles.